The molecule has 1 aliphatic carbocycles. The molecular formula is C11H20FNO2. The van der Waals surface area contributed by atoms with Gasteiger partial charge in [-0.25, -0.2) is 9.18 Å². The number of esters is 1. The second-order valence-electron chi connectivity index (χ2n) is 5.22. The van der Waals surface area contributed by atoms with Crippen molar-refractivity contribution in [2.24, 2.45) is 5.73 Å². The predicted molar refractivity (Wildman–Crippen MR) is 56.1 cm³/mol. The van der Waals surface area contributed by atoms with Crippen molar-refractivity contribution < 1.29 is 13.9 Å². The van der Waals surface area contributed by atoms with Crippen molar-refractivity contribution in [1.82, 2.24) is 0 Å². The van der Waals surface area contributed by atoms with Gasteiger partial charge in [0.15, 0.2) is 0 Å². The second kappa shape index (κ2) is 4.08. The molecule has 0 spiro atoms. The lowest BCUT2D eigenvalue weighted by molar-refractivity contribution is -0.173. The maximum absolute atomic E-state index is 14.3. The summed E-state index contributed by atoms with van der Waals surface area (Å²) < 4.78 is 19.3. The summed E-state index contributed by atoms with van der Waals surface area (Å²) in [6.07, 6.45) is 2.32. The molecule has 2 N–H and O–H groups in total. The van der Waals surface area contributed by atoms with Crippen molar-refractivity contribution in [2.45, 2.75) is 63.8 Å². The monoisotopic (exact) mass is 217 g/mol. The lowest BCUT2D eigenvalue weighted by Crippen LogP contribution is -2.54. The summed E-state index contributed by atoms with van der Waals surface area (Å²) in [5.74, 6) is -0.804. The SMILES string of the molecule is CC(C)(C)OC(=O)C1(F)CCCCC1N. The number of hydrogen-bond donors (Lipinski definition) is 1. The van der Waals surface area contributed by atoms with Crippen LogP contribution in [0.4, 0.5) is 4.39 Å². The minimum Gasteiger partial charge on any atom is -0.458 e. The molecule has 2 atom stereocenters. The second-order valence-corrected chi connectivity index (χ2v) is 5.22. The summed E-state index contributed by atoms with van der Waals surface area (Å²) in [6.45, 7) is 5.17. The van der Waals surface area contributed by atoms with Crippen LogP contribution in [0.25, 0.3) is 0 Å². The summed E-state index contributed by atoms with van der Waals surface area (Å²) in [5, 5.41) is 0. The fraction of sp³-hybridized carbons (Fsp3) is 0.909. The van der Waals surface area contributed by atoms with Crippen LogP contribution in [0.15, 0.2) is 0 Å². The first-order chi connectivity index (χ1) is 6.76. The number of ether oxygens (including phenoxy) is 1. The first-order valence-corrected chi connectivity index (χ1v) is 5.44. The Morgan fingerprint density at radius 1 is 1.47 bits per heavy atom. The Morgan fingerprint density at radius 2 is 2.07 bits per heavy atom. The van der Waals surface area contributed by atoms with E-state index in [-0.39, 0.29) is 6.42 Å². The molecule has 0 heterocycles. The summed E-state index contributed by atoms with van der Waals surface area (Å²) in [7, 11) is 0. The van der Waals surface area contributed by atoms with Gasteiger partial charge in [-0.2, -0.15) is 0 Å². The molecule has 88 valence electrons. The summed E-state index contributed by atoms with van der Waals surface area (Å²) >= 11 is 0. The topological polar surface area (TPSA) is 52.3 Å². The van der Waals surface area contributed by atoms with Gasteiger partial charge in [-0.05, 0) is 40.0 Å². The molecule has 1 fully saturated rings. The highest BCUT2D eigenvalue weighted by Gasteiger charge is 2.48. The van der Waals surface area contributed by atoms with Gasteiger partial charge in [-0.15, -0.1) is 0 Å². The number of nitrogens with two attached hydrogens (primary N) is 1. The Kier molecular flexibility index (Phi) is 3.38. The fourth-order valence-electron chi connectivity index (χ4n) is 1.78. The third kappa shape index (κ3) is 2.91. The van der Waals surface area contributed by atoms with Gasteiger partial charge in [0.1, 0.15) is 5.60 Å². The normalized spacial score (nSPS) is 32.5. The van der Waals surface area contributed by atoms with E-state index in [0.29, 0.717) is 12.8 Å². The van der Waals surface area contributed by atoms with E-state index in [1.807, 2.05) is 0 Å². The zero-order valence-corrected chi connectivity index (χ0v) is 9.68. The molecule has 0 bridgehead atoms. The molecule has 1 saturated carbocycles. The van der Waals surface area contributed by atoms with Crippen molar-refractivity contribution in [3.05, 3.63) is 0 Å². The van der Waals surface area contributed by atoms with Crippen LogP contribution < -0.4 is 5.73 Å². The molecule has 1 rings (SSSR count). The summed E-state index contributed by atoms with van der Waals surface area (Å²) in [4.78, 5) is 11.7. The number of carbonyl (C=O) groups is 1. The molecule has 15 heavy (non-hydrogen) atoms. The van der Waals surface area contributed by atoms with Gasteiger partial charge in [-0.3, -0.25) is 0 Å². The Hall–Kier alpha value is -0.640. The Labute approximate surface area is 90.2 Å². The highest BCUT2D eigenvalue weighted by molar-refractivity contribution is 5.81. The van der Waals surface area contributed by atoms with Crippen molar-refractivity contribution in [3.63, 3.8) is 0 Å². The standard InChI is InChI=1S/C11H20FNO2/c1-10(2,3)15-9(14)11(12)7-5-4-6-8(11)13/h8H,4-7,13H2,1-3H3. The third-order valence-corrected chi connectivity index (χ3v) is 2.63. The molecule has 1 aliphatic rings. The molecule has 0 aromatic heterocycles. The smallest absolute Gasteiger partial charge is 0.346 e. The number of alkyl halides is 1. The third-order valence-electron chi connectivity index (χ3n) is 2.63. The minimum absolute atomic E-state index is 0.184. The van der Waals surface area contributed by atoms with Gasteiger partial charge < -0.3 is 10.5 Å². The largest absolute Gasteiger partial charge is 0.458 e. The quantitative estimate of drug-likeness (QED) is 0.683. The van der Waals surface area contributed by atoms with E-state index in [4.69, 9.17) is 10.5 Å². The van der Waals surface area contributed by atoms with Crippen LogP contribution >= 0.6 is 0 Å². The zero-order chi connectivity index (χ0) is 11.7. The molecule has 0 aliphatic heterocycles. The van der Waals surface area contributed by atoms with E-state index in [1.54, 1.807) is 20.8 Å². The lowest BCUT2D eigenvalue weighted by atomic mass is 9.82. The van der Waals surface area contributed by atoms with Crippen LogP contribution in [0.3, 0.4) is 0 Å². The van der Waals surface area contributed by atoms with Crippen molar-refractivity contribution in [3.8, 4) is 0 Å². The van der Waals surface area contributed by atoms with Crippen LogP contribution in [-0.4, -0.2) is 23.3 Å². The van der Waals surface area contributed by atoms with E-state index in [2.05, 4.69) is 0 Å². The van der Waals surface area contributed by atoms with Crippen LogP contribution in [0.2, 0.25) is 0 Å². The van der Waals surface area contributed by atoms with E-state index in [0.717, 1.165) is 6.42 Å². The lowest BCUT2D eigenvalue weighted by Gasteiger charge is -2.35. The van der Waals surface area contributed by atoms with E-state index >= 15 is 0 Å². The van der Waals surface area contributed by atoms with Gasteiger partial charge in [-0.1, -0.05) is 6.42 Å². The molecule has 0 radical (unpaired) electrons. The van der Waals surface area contributed by atoms with Gasteiger partial charge in [0.05, 0.1) is 0 Å². The first-order valence-electron chi connectivity index (χ1n) is 5.44. The highest BCUT2D eigenvalue weighted by Crippen LogP contribution is 2.33. The van der Waals surface area contributed by atoms with Gasteiger partial charge in [0, 0.05) is 6.04 Å². The Morgan fingerprint density at radius 3 is 2.53 bits per heavy atom. The number of halogens is 1. The molecule has 3 nitrogen and oxygen atoms in total. The van der Waals surface area contributed by atoms with E-state index in [9.17, 15) is 9.18 Å². The van der Waals surface area contributed by atoms with Gasteiger partial charge in [0.25, 0.3) is 0 Å². The first kappa shape index (κ1) is 12.4. The van der Waals surface area contributed by atoms with Crippen LogP contribution in [-0.2, 0) is 9.53 Å². The number of rotatable bonds is 1. The van der Waals surface area contributed by atoms with Gasteiger partial charge >= 0.3 is 5.97 Å². The molecule has 2 unspecified atom stereocenters. The van der Waals surface area contributed by atoms with Crippen LogP contribution in [0, 0.1) is 0 Å². The summed E-state index contributed by atoms with van der Waals surface area (Å²) in [5.41, 5.74) is 3.02. The molecule has 0 saturated heterocycles. The average molecular weight is 217 g/mol. The predicted octanol–water partition coefficient (Wildman–Crippen LogP) is 1.94. The Balaban J connectivity index is 2.71. The minimum atomic E-state index is -1.98. The number of carbonyl (C=O) groups excluding carboxylic acids is 1. The number of hydrogen-bond acceptors (Lipinski definition) is 3. The summed E-state index contributed by atoms with van der Waals surface area (Å²) in [6, 6.07) is -0.721. The maximum Gasteiger partial charge on any atom is 0.346 e. The molecular weight excluding hydrogens is 197 g/mol. The van der Waals surface area contributed by atoms with Crippen molar-refractivity contribution in [1.29, 1.82) is 0 Å². The Bertz CT molecular complexity index is 249. The van der Waals surface area contributed by atoms with Crippen LogP contribution in [0.5, 0.6) is 0 Å². The fourth-order valence-corrected chi connectivity index (χ4v) is 1.78. The molecule has 4 heteroatoms. The van der Waals surface area contributed by atoms with Gasteiger partial charge in [0.2, 0.25) is 5.67 Å². The van der Waals surface area contributed by atoms with Crippen LogP contribution in [0.1, 0.15) is 46.5 Å². The maximum atomic E-state index is 14.3. The highest BCUT2D eigenvalue weighted by atomic mass is 19.1. The zero-order valence-electron chi connectivity index (χ0n) is 9.68. The average Bonchev–Trinajstić information content (AvgIpc) is 2.07. The molecule has 0 aromatic rings. The van der Waals surface area contributed by atoms with E-state index < -0.39 is 23.3 Å². The molecule has 0 amide bonds. The molecule has 0 aromatic carbocycles. The van der Waals surface area contributed by atoms with Crippen molar-refractivity contribution in [2.75, 3.05) is 0 Å². The van der Waals surface area contributed by atoms with Crippen molar-refractivity contribution >= 4 is 5.97 Å². The van der Waals surface area contributed by atoms with E-state index in [1.165, 1.54) is 0 Å².